The van der Waals surface area contributed by atoms with Crippen LogP contribution in [0.15, 0.2) is 45.9 Å². The van der Waals surface area contributed by atoms with Gasteiger partial charge in [-0.05, 0) is 12.1 Å². The van der Waals surface area contributed by atoms with Crippen molar-refractivity contribution < 1.29 is 9.15 Å². The fourth-order valence-electron chi connectivity index (χ4n) is 2.04. The van der Waals surface area contributed by atoms with Gasteiger partial charge in [-0.2, -0.15) is 0 Å². The van der Waals surface area contributed by atoms with E-state index in [1.807, 2.05) is 0 Å². The summed E-state index contributed by atoms with van der Waals surface area (Å²) < 4.78 is 10.3. The first-order valence-corrected chi connectivity index (χ1v) is 7.02. The molecule has 0 unspecified atom stereocenters. The summed E-state index contributed by atoms with van der Waals surface area (Å²) in [4.78, 5) is 15.6. The summed E-state index contributed by atoms with van der Waals surface area (Å²) in [5.74, 6) is 0.591. The Balaban J connectivity index is 2.16. The van der Waals surface area contributed by atoms with E-state index in [0.29, 0.717) is 38.1 Å². The Kier molecular flexibility index (Phi) is 3.92. The van der Waals surface area contributed by atoms with Gasteiger partial charge in [-0.1, -0.05) is 23.2 Å². The average molecular weight is 337 g/mol. The van der Waals surface area contributed by atoms with Crippen LogP contribution in [0.5, 0.6) is 5.75 Å². The van der Waals surface area contributed by atoms with Gasteiger partial charge >= 0.3 is 5.63 Å². The van der Waals surface area contributed by atoms with Crippen molar-refractivity contribution in [3.8, 4) is 5.75 Å². The van der Waals surface area contributed by atoms with Crippen LogP contribution in [-0.2, 0) is 0 Å². The molecule has 2 aromatic heterocycles. The summed E-state index contributed by atoms with van der Waals surface area (Å²) in [6.07, 6.45) is 2.93. The zero-order valence-electron chi connectivity index (χ0n) is 11.4. The molecule has 1 N–H and O–H groups in total. The second-order valence-electron chi connectivity index (χ2n) is 4.44. The molecule has 0 fully saturated rings. The van der Waals surface area contributed by atoms with Gasteiger partial charge in [0.05, 0.1) is 28.5 Å². The summed E-state index contributed by atoms with van der Waals surface area (Å²) in [6, 6.07) is 6.52. The van der Waals surface area contributed by atoms with Crippen LogP contribution in [0.4, 0.5) is 11.4 Å². The Morgan fingerprint density at radius 2 is 1.91 bits per heavy atom. The van der Waals surface area contributed by atoms with E-state index in [2.05, 4.69) is 10.3 Å². The quantitative estimate of drug-likeness (QED) is 0.724. The van der Waals surface area contributed by atoms with Crippen molar-refractivity contribution >= 4 is 45.5 Å². The molecule has 5 nitrogen and oxygen atoms in total. The molecule has 0 spiro atoms. The minimum atomic E-state index is -0.496. The number of anilines is 2. The van der Waals surface area contributed by atoms with Crippen LogP contribution in [0.3, 0.4) is 0 Å². The summed E-state index contributed by atoms with van der Waals surface area (Å²) in [7, 11) is 1.54. The second kappa shape index (κ2) is 5.87. The highest BCUT2D eigenvalue weighted by molar-refractivity contribution is 6.39. The number of hydrogen-bond acceptors (Lipinski definition) is 5. The summed E-state index contributed by atoms with van der Waals surface area (Å²) >= 11 is 12.2. The lowest BCUT2D eigenvalue weighted by Crippen LogP contribution is -2.02. The van der Waals surface area contributed by atoms with Gasteiger partial charge in [-0.15, -0.1) is 0 Å². The maximum absolute atomic E-state index is 11.7. The molecule has 3 aromatic rings. The molecular weight excluding hydrogens is 327 g/mol. The van der Waals surface area contributed by atoms with E-state index in [1.165, 1.54) is 25.6 Å². The number of aromatic nitrogens is 1. The standard InChI is InChI=1S/C15H10Cl2N2O3/c1-21-8-2-3-9-12(5-14(20)22-13(9)4-8)19-15-10(16)6-18-7-11(15)17/h2-7H,1H3,(H,18,19). The number of benzene rings is 1. The first kappa shape index (κ1) is 14.7. The topological polar surface area (TPSA) is 64.4 Å². The Morgan fingerprint density at radius 1 is 1.18 bits per heavy atom. The lowest BCUT2D eigenvalue weighted by molar-refractivity contribution is 0.414. The molecule has 0 aliphatic heterocycles. The Labute approximate surface area is 135 Å². The summed E-state index contributed by atoms with van der Waals surface area (Å²) in [6.45, 7) is 0. The number of rotatable bonds is 3. The fraction of sp³-hybridized carbons (Fsp3) is 0.0667. The minimum absolute atomic E-state index is 0.349. The first-order chi connectivity index (χ1) is 10.6. The summed E-state index contributed by atoms with van der Waals surface area (Å²) in [5, 5.41) is 4.45. The van der Waals surface area contributed by atoms with Gasteiger partial charge in [0.25, 0.3) is 0 Å². The van der Waals surface area contributed by atoms with Gasteiger partial charge in [-0.3, -0.25) is 4.98 Å². The molecule has 3 rings (SSSR count). The number of nitrogens with zero attached hydrogens (tertiary/aromatic N) is 1. The van der Waals surface area contributed by atoms with Crippen molar-refractivity contribution in [2.45, 2.75) is 0 Å². The van der Waals surface area contributed by atoms with Crippen molar-refractivity contribution in [3.63, 3.8) is 0 Å². The number of pyridine rings is 1. The van der Waals surface area contributed by atoms with E-state index in [0.717, 1.165) is 0 Å². The third-order valence-corrected chi connectivity index (χ3v) is 3.64. The van der Waals surface area contributed by atoms with E-state index in [9.17, 15) is 4.79 Å². The molecule has 7 heteroatoms. The third-order valence-electron chi connectivity index (χ3n) is 3.06. The van der Waals surface area contributed by atoms with Crippen LogP contribution in [0.25, 0.3) is 11.0 Å². The SMILES string of the molecule is COc1ccc2c(Nc3c(Cl)cncc3Cl)cc(=O)oc2c1. The summed E-state index contributed by atoms with van der Waals surface area (Å²) in [5.41, 5.74) is 0.908. The number of fused-ring (bicyclic) bond motifs is 1. The van der Waals surface area contributed by atoms with Crippen molar-refractivity contribution in [1.29, 1.82) is 0 Å². The van der Waals surface area contributed by atoms with Gasteiger partial charge in [-0.25, -0.2) is 4.79 Å². The Hall–Kier alpha value is -2.24. The van der Waals surface area contributed by atoms with Gasteiger partial charge < -0.3 is 14.5 Å². The molecule has 22 heavy (non-hydrogen) atoms. The van der Waals surface area contributed by atoms with E-state index in [-0.39, 0.29) is 0 Å². The van der Waals surface area contributed by atoms with Gasteiger partial charge in [0.15, 0.2) is 0 Å². The fourth-order valence-corrected chi connectivity index (χ4v) is 2.50. The van der Waals surface area contributed by atoms with Gasteiger partial charge in [0, 0.05) is 29.9 Å². The van der Waals surface area contributed by atoms with Crippen LogP contribution in [-0.4, -0.2) is 12.1 Å². The number of halogens is 2. The van der Waals surface area contributed by atoms with Crippen LogP contribution in [0.2, 0.25) is 10.0 Å². The zero-order valence-corrected chi connectivity index (χ0v) is 12.9. The highest BCUT2D eigenvalue weighted by atomic mass is 35.5. The highest BCUT2D eigenvalue weighted by Gasteiger charge is 2.11. The van der Waals surface area contributed by atoms with Crippen molar-refractivity contribution in [2.75, 3.05) is 12.4 Å². The lowest BCUT2D eigenvalue weighted by atomic mass is 10.2. The number of ether oxygens (including phenoxy) is 1. The molecule has 0 saturated heterocycles. The van der Waals surface area contributed by atoms with Crippen molar-refractivity contribution in [3.05, 3.63) is 57.1 Å². The molecule has 0 amide bonds. The lowest BCUT2D eigenvalue weighted by Gasteiger charge is -2.12. The maximum atomic E-state index is 11.7. The Morgan fingerprint density at radius 3 is 2.59 bits per heavy atom. The molecule has 0 bridgehead atoms. The van der Waals surface area contributed by atoms with Crippen molar-refractivity contribution in [1.82, 2.24) is 4.98 Å². The van der Waals surface area contributed by atoms with Crippen LogP contribution < -0.4 is 15.7 Å². The predicted molar refractivity (Wildman–Crippen MR) is 86.6 cm³/mol. The molecule has 0 atom stereocenters. The molecule has 112 valence electrons. The monoisotopic (exact) mass is 336 g/mol. The van der Waals surface area contributed by atoms with E-state index < -0.39 is 5.63 Å². The normalized spacial score (nSPS) is 10.7. The minimum Gasteiger partial charge on any atom is -0.497 e. The first-order valence-electron chi connectivity index (χ1n) is 6.26. The number of hydrogen-bond donors (Lipinski definition) is 1. The molecule has 0 saturated carbocycles. The van der Waals surface area contributed by atoms with Crippen LogP contribution in [0.1, 0.15) is 0 Å². The average Bonchev–Trinajstić information content (AvgIpc) is 2.50. The highest BCUT2D eigenvalue weighted by Crippen LogP contribution is 2.34. The number of methoxy groups -OCH3 is 1. The molecule has 0 radical (unpaired) electrons. The van der Waals surface area contributed by atoms with Crippen LogP contribution >= 0.6 is 23.2 Å². The smallest absolute Gasteiger partial charge is 0.338 e. The maximum Gasteiger partial charge on any atom is 0.338 e. The Bertz CT molecular complexity index is 889. The second-order valence-corrected chi connectivity index (χ2v) is 5.26. The van der Waals surface area contributed by atoms with E-state index >= 15 is 0 Å². The van der Waals surface area contributed by atoms with E-state index in [4.69, 9.17) is 32.4 Å². The van der Waals surface area contributed by atoms with Crippen molar-refractivity contribution in [2.24, 2.45) is 0 Å². The molecule has 0 aliphatic rings. The number of nitrogens with one attached hydrogen (secondary N) is 1. The van der Waals surface area contributed by atoms with Crippen LogP contribution in [0, 0.1) is 0 Å². The molecule has 2 heterocycles. The zero-order chi connectivity index (χ0) is 15.7. The molecule has 1 aromatic carbocycles. The van der Waals surface area contributed by atoms with Gasteiger partial charge in [0.2, 0.25) is 0 Å². The molecule has 0 aliphatic carbocycles. The third kappa shape index (κ3) is 2.73. The van der Waals surface area contributed by atoms with E-state index in [1.54, 1.807) is 18.2 Å². The van der Waals surface area contributed by atoms with Gasteiger partial charge in [0.1, 0.15) is 11.3 Å². The predicted octanol–water partition coefficient (Wildman–Crippen LogP) is 4.25. The molecular formula is C15H10Cl2N2O3. The largest absolute Gasteiger partial charge is 0.497 e.